The molecule has 1 unspecified atom stereocenters. The first-order valence-electron chi connectivity index (χ1n) is 6.31. The summed E-state index contributed by atoms with van der Waals surface area (Å²) in [6, 6.07) is 7.18. The molecule has 1 aromatic heterocycles. The molecule has 114 valence electrons. The fraction of sp³-hybridized carbons (Fsp3) is 0.308. The molecule has 0 spiro atoms. The smallest absolute Gasteiger partial charge is 0.258 e. The number of thiazole rings is 1. The van der Waals surface area contributed by atoms with E-state index in [1.54, 1.807) is 19.2 Å². The van der Waals surface area contributed by atoms with Gasteiger partial charge in [0.25, 0.3) is 10.0 Å². The molecule has 0 aliphatic carbocycles. The standard InChI is InChI=1S/C13H16ClN3O2S2/c1-9(15-2)7-16-21(18,19)12-8-20-13(17-12)10-3-5-11(14)6-4-10/h3-6,8-9,15-16H,7H2,1-2H3. The zero-order valence-corrected chi connectivity index (χ0v) is 14.0. The van der Waals surface area contributed by atoms with Crippen LogP contribution in [0.1, 0.15) is 6.92 Å². The van der Waals surface area contributed by atoms with Gasteiger partial charge in [-0.15, -0.1) is 11.3 Å². The van der Waals surface area contributed by atoms with Crippen molar-refractivity contribution in [2.45, 2.75) is 18.0 Å². The molecule has 1 heterocycles. The zero-order valence-electron chi connectivity index (χ0n) is 11.6. The molecule has 0 saturated heterocycles. The number of nitrogens with zero attached hydrogens (tertiary/aromatic N) is 1. The molecule has 1 atom stereocenters. The summed E-state index contributed by atoms with van der Waals surface area (Å²) in [7, 11) is -1.80. The molecule has 0 bridgehead atoms. The molecule has 21 heavy (non-hydrogen) atoms. The number of hydrogen-bond donors (Lipinski definition) is 2. The van der Waals surface area contributed by atoms with Crippen LogP contribution >= 0.6 is 22.9 Å². The van der Waals surface area contributed by atoms with Gasteiger partial charge in [0, 0.05) is 28.6 Å². The van der Waals surface area contributed by atoms with Crippen LogP contribution in [-0.2, 0) is 10.0 Å². The summed E-state index contributed by atoms with van der Waals surface area (Å²) in [6.45, 7) is 2.20. The Kier molecular flexibility index (Phi) is 5.34. The summed E-state index contributed by atoms with van der Waals surface area (Å²) in [6.07, 6.45) is 0. The second-order valence-electron chi connectivity index (χ2n) is 4.54. The molecule has 8 heteroatoms. The van der Waals surface area contributed by atoms with E-state index in [2.05, 4.69) is 15.0 Å². The van der Waals surface area contributed by atoms with E-state index in [9.17, 15) is 8.42 Å². The fourth-order valence-electron chi connectivity index (χ4n) is 1.52. The minimum atomic E-state index is -3.58. The van der Waals surface area contributed by atoms with Crippen LogP contribution in [0.4, 0.5) is 0 Å². The summed E-state index contributed by atoms with van der Waals surface area (Å²) in [5.74, 6) is 0. The Morgan fingerprint density at radius 3 is 2.62 bits per heavy atom. The highest BCUT2D eigenvalue weighted by atomic mass is 35.5. The molecule has 2 aromatic rings. The van der Waals surface area contributed by atoms with Crippen LogP contribution in [0.25, 0.3) is 10.6 Å². The molecule has 0 fully saturated rings. The lowest BCUT2D eigenvalue weighted by molar-refractivity contribution is 0.552. The SMILES string of the molecule is CNC(C)CNS(=O)(=O)c1csc(-c2ccc(Cl)cc2)n1. The third kappa shape index (κ3) is 4.24. The predicted molar refractivity (Wildman–Crippen MR) is 86.3 cm³/mol. The van der Waals surface area contributed by atoms with Crippen molar-refractivity contribution in [1.29, 1.82) is 0 Å². The van der Waals surface area contributed by atoms with Gasteiger partial charge in [0.1, 0.15) is 5.01 Å². The van der Waals surface area contributed by atoms with Crippen LogP contribution in [0.2, 0.25) is 5.02 Å². The topological polar surface area (TPSA) is 71.1 Å². The molecular weight excluding hydrogens is 330 g/mol. The maximum absolute atomic E-state index is 12.1. The lowest BCUT2D eigenvalue weighted by Crippen LogP contribution is -2.37. The molecule has 2 rings (SSSR count). The number of halogens is 1. The minimum Gasteiger partial charge on any atom is -0.316 e. The maximum atomic E-state index is 12.1. The highest BCUT2D eigenvalue weighted by Crippen LogP contribution is 2.26. The lowest BCUT2D eigenvalue weighted by atomic mass is 10.2. The molecule has 1 aromatic carbocycles. The van der Waals surface area contributed by atoms with Crippen molar-refractivity contribution in [1.82, 2.24) is 15.0 Å². The van der Waals surface area contributed by atoms with Crippen LogP contribution in [0.15, 0.2) is 34.7 Å². The van der Waals surface area contributed by atoms with Crippen molar-refractivity contribution in [3.8, 4) is 10.6 Å². The van der Waals surface area contributed by atoms with E-state index in [1.165, 1.54) is 16.7 Å². The van der Waals surface area contributed by atoms with Gasteiger partial charge in [0.05, 0.1) is 0 Å². The monoisotopic (exact) mass is 345 g/mol. The Labute approximate surface area is 133 Å². The van der Waals surface area contributed by atoms with Gasteiger partial charge in [-0.3, -0.25) is 0 Å². The molecule has 5 nitrogen and oxygen atoms in total. The average molecular weight is 346 g/mol. The summed E-state index contributed by atoms with van der Waals surface area (Å²) >= 11 is 7.12. The Morgan fingerprint density at radius 1 is 1.33 bits per heavy atom. The van der Waals surface area contributed by atoms with Crippen molar-refractivity contribution in [2.24, 2.45) is 0 Å². The second-order valence-corrected chi connectivity index (χ2v) is 7.55. The fourth-order valence-corrected chi connectivity index (χ4v) is 3.87. The third-order valence-corrected chi connectivity index (χ3v) is 5.52. The van der Waals surface area contributed by atoms with Crippen LogP contribution in [-0.4, -0.2) is 33.0 Å². The minimum absolute atomic E-state index is 0.0424. The van der Waals surface area contributed by atoms with Crippen molar-refractivity contribution >= 4 is 33.0 Å². The van der Waals surface area contributed by atoms with E-state index in [-0.39, 0.29) is 11.1 Å². The highest BCUT2D eigenvalue weighted by Gasteiger charge is 2.19. The van der Waals surface area contributed by atoms with Crippen LogP contribution in [0.3, 0.4) is 0 Å². The number of hydrogen-bond acceptors (Lipinski definition) is 5. The highest BCUT2D eigenvalue weighted by molar-refractivity contribution is 7.89. The van der Waals surface area contributed by atoms with Gasteiger partial charge in [-0.05, 0) is 26.1 Å². The average Bonchev–Trinajstić information content (AvgIpc) is 2.96. The Balaban J connectivity index is 2.17. The Hall–Kier alpha value is -0.990. The van der Waals surface area contributed by atoms with Crippen molar-refractivity contribution < 1.29 is 8.42 Å². The summed E-state index contributed by atoms with van der Waals surface area (Å²) in [4.78, 5) is 4.19. The first-order valence-corrected chi connectivity index (χ1v) is 9.05. The number of rotatable bonds is 6. The van der Waals surface area contributed by atoms with E-state index < -0.39 is 10.0 Å². The largest absolute Gasteiger partial charge is 0.316 e. The van der Waals surface area contributed by atoms with Gasteiger partial charge in [0.2, 0.25) is 0 Å². The van der Waals surface area contributed by atoms with Gasteiger partial charge in [-0.2, -0.15) is 0 Å². The van der Waals surface area contributed by atoms with E-state index in [4.69, 9.17) is 11.6 Å². The molecule has 0 saturated carbocycles. The Morgan fingerprint density at radius 2 is 2.00 bits per heavy atom. The summed E-state index contributed by atoms with van der Waals surface area (Å²) in [5, 5.41) is 5.83. The van der Waals surface area contributed by atoms with Gasteiger partial charge in [-0.1, -0.05) is 23.7 Å². The molecule has 0 aliphatic rings. The summed E-state index contributed by atoms with van der Waals surface area (Å²) in [5.41, 5.74) is 0.842. The maximum Gasteiger partial charge on any atom is 0.258 e. The quantitative estimate of drug-likeness (QED) is 0.843. The number of nitrogens with one attached hydrogen (secondary N) is 2. The number of benzene rings is 1. The molecule has 0 radical (unpaired) electrons. The zero-order chi connectivity index (χ0) is 15.5. The van der Waals surface area contributed by atoms with Crippen molar-refractivity contribution in [2.75, 3.05) is 13.6 Å². The number of aromatic nitrogens is 1. The van der Waals surface area contributed by atoms with Crippen LogP contribution in [0.5, 0.6) is 0 Å². The predicted octanol–water partition coefficient (Wildman–Crippen LogP) is 2.35. The van der Waals surface area contributed by atoms with Gasteiger partial charge >= 0.3 is 0 Å². The van der Waals surface area contributed by atoms with E-state index in [0.717, 1.165) is 5.56 Å². The van der Waals surface area contributed by atoms with Gasteiger partial charge < -0.3 is 5.32 Å². The van der Waals surface area contributed by atoms with Crippen LogP contribution < -0.4 is 10.0 Å². The van der Waals surface area contributed by atoms with E-state index >= 15 is 0 Å². The van der Waals surface area contributed by atoms with E-state index in [0.29, 0.717) is 16.6 Å². The van der Waals surface area contributed by atoms with Crippen molar-refractivity contribution in [3.63, 3.8) is 0 Å². The first-order chi connectivity index (χ1) is 9.92. The lowest BCUT2D eigenvalue weighted by Gasteiger charge is -2.10. The molecule has 0 amide bonds. The number of sulfonamides is 1. The van der Waals surface area contributed by atoms with Gasteiger partial charge in [-0.25, -0.2) is 18.1 Å². The van der Waals surface area contributed by atoms with Gasteiger partial charge in [0.15, 0.2) is 5.03 Å². The van der Waals surface area contributed by atoms with Crippen molar-refractivity contribution in [3.05, 3.63) is 34.7 Å². The molecule has 2 N–H and O–H groups in total. The van der Waals surface area contributed by atoms with Crippen LogP contribution in [0, 0.1) is 0 Å². The Bertz CT molecular complexity index is 698. The summed E-state index contributed by atoms with van der Waals surface area (Å²) < 4.78 is 26.8. The molecular formula is C13H16ClN3O2S2. The number of likely N-dealkylation sites (N-methyl/N-ethyl adjacent to an activating group) is 1. The second kappa shape index (κ2) is 6.85. The third-order valence-electron chi connectivity index (χ3n) is 2.92. The molecule has 0 aliphatic heterocycles. The van der Waals surface area contributed by atoms with E-state index in [1.807, 2.05) is 19.1 Å². The normalized spacial score (nSPS) is 13.3. The first kappa shape index (κ1) is 16.4.